The van der Waals surface area contributed by atoms with E-state index in [1.165, 1.54) is 0 Å². The largest absolute Gasteiger partial charge is 0.327 e. The van der Waals surface area contributed by atoms with E-state index in [1.807, 2.05) is 63.2 Å². The first-order chi connectivity index (χ1) is 8.93. The van der Waals surface area contributed by atoms with E-state index in [9.17, 15) is 4.79 Å². The van der Waals surface area contributed by atoms with Crippen molar-refractivity contribution in [3.8, 4) is 0 Å². The van der Waals surface area contributed by atoms with E-state index in [4.69, 9.17) is 5.73 Å². The standard InChI is InChI=1S/C15H25N3O.2ClH/c1-12(13(2)16)15(19)18(11-10-17(3)4)14-8-6-5-7-9-14;;/h5-9,12-13H,10-11,16H2,1-4H3;2*1H. The predicted octanol–water partition coefficient (Wildman–Crippen LogP) is 2.41. The summed E-state index contributed by atoms with van der Waals surface area (Å²) in [6.07, 6.45) is 0. The minimum atomic E-state index is -0.178. The molecule has 0 fully saturated rings. The average Bonchev–Trinajstić information content (AvgIpc) is 2.38. The summed E-state index contributed by atoms with van der Waals surface area (Å²) in [4.78, 5) is 16.4. The van der Waals surface area contributed by atoms with Gasteiger partial charge in [0.05, 0.1) is 5.92 Å². The van der Waals surface area contributed by atoms with E-state index in [1.54, 1.807) is 0 Å². The lowest BCUT2D eigenvalue weighted by atomic mass is 10.0. The molecule has 21 heavy (non-hydrogen) atoms. The van der Waals surface area contributed by atoms with Gasteiger partial charge >= 0.3 is 0 Å². The number of para-hydroxylation sites is 1. The fourth-order valence-corrected chi connectivity index (χ4v) is 1.75. The van der Waals surface area contributed by atoms with Gasteiger partial charge in [0.1, 0.15) is 0 Å². The second kappa shape index (κ2) is 10.9. The van der Waals surface area contributed by atoms with Crippen LogP contribution in [0.4, 0.5) is 5.69 Å². The number of anilines is 1. The minimum absolute atomic E-state index is 0. The Balaban J connectivity index is 0. The summed E-state index contributed by atoms with van der Waals surface area (Å²) < 4.78 is 0. The number of halogens is 2. The molecule has 0 aliphatic carbocycles. The predicted molar refractivity (Wildman–Crippen MR) is 94.7 cm³/mol. The minimum Gasteiger partial charge on any atom is -0.327 e. The van der Waals surface area contributed by atoms with E-state index in [0.29, 0.717) is 6.54 Å². The summed E-state index contributed by atoms with van der Waals surface area (Å²) >= 11 is 0. The van der Waals surface area contributed by atoms with E-state index >= 15 is 0 Å². The molecule has 2 atom stereocenters. The molecule has 2 unspecified atom stereocenters. The van der Waals surface area contributed by atoms with E-state index in [2.05, 4.69) is 4.90 Å². The van der Waals surface area contributed by atoms with Gasteiger partial charge in [-0.1, -0.05) is 25.1 Å². The van der Waals surface area contributed by atoms with E-state index < -0.39 is 0 Å². The van der Waals surface area contributed by atoms with Crippen LogP contribution in [0.25, 0.3) is 0 Å². The average molecular weight is 336 g/mol. The van der Waals surface area contributed by atoms with Crippen molar-refractivity contribution in [1.82, 2.24) is 4.90 Å². The van der Waals surface area contributed by atoms with Crippen molar-refractivity contribution in [3.05, 3.63) is 30.3 Å². The Kier molecular flexibility index (Phi) is 11.6. The van der Waals surface area contributed by atoms with Crippen molar-refractivity contribution in [2.24, 2.45) is 11.7 Å². The number of likely N-dealkylation sites (N-methyl/N-ethyl adjacent to an activating group) is 1. The Labute approximate surface area is 140 Å². The molecule has 0 spiro atoms. The van der Waals surface area contributed by atoms with Crippen molar-refractivity contribution in [2.75, 3.05) is 32.1 Å². The molecule has 1 aromatic rings. The maximum atomic E-state index is 12.5. The summed E-state index contributed by atoms with van der Waals surface area (Å²) in [5.41, 5.74) is 6.78. The molecular formula is C15H27Cl2N3O. The highest BCUT2D eigenvalue weighted by Gasteiger charge is 2.24. The molecule has 1 aromatic carbocycles. The maximum absolute atomic E-state index is 12.5. The Bertz CT molecular complexity index is 399. The Morgan fingerprint density at radius 2 is 1.62 bits per heavy atom. The molecule has 0 saturated carbocycles. The van der Waals surface area contributed by atoms with Gasteiger partial charge in [-0.25, -0.2) is 0 Å². The fourth-order valence-electron chi connectivity index (χ4n) is 1.75. The molecule has 0 saturated heterocycles. The van der Waals surface area contributed by atoms with Crippen molar-refractivity contribution in [3.63, 3.8) is 0 Å². The third kappa shape index (κ3) is 7.14. The van der Waals surface area contributed by atoms with Gasteiger partial charge in [0, 0.05) is 24.8 Å². The molecule has 1 rings (SSSR count). The number of nitrogens with zero attached hydrogens (tertiary/aromatic N) is 2. The van der Waals surface area contributed by atoms with Gasteiger partial charge < -0.3 is 15.5 Å². The van der Waals surface area contributed by atoms with Crippen LogP contribution in [-0.2, 0) is 4.79 Å². The van der Waals surface area contributed by atoms with E-state index in [-0.39, 0.29) is 42.7 Å². The van der Waals surface area contributed by atoms with Crippen LogP contribution >= 0.6 is 24.8 Å². The molecule has 0 aliphatic rings. The zero-order chi connectivity index (χ0) is 14.4. The topological polar surface area (TPSA) is 49.6 Å². The first kappa shape index (κ1) is 22.5. The smallest absolute Gasteiger partial charge is 0.231 e. The molecular weight excluding hydrogens is 309 g/mol. The quantitative estimate of drug-likeness (QED) is 0.868. The van der Waals surface area contributed by atoms with E-state index in [0.717, 1.165) is 12.2 Å². The summed E-state index contributed by atoms with van der Waals surface area (Å²) in [5, 5.41) is 0. The third-order valence-corrected chi connectivity index (χ3v) is 3.28. The Morgan fingerprint density at radius 1 is 1.10 bits per heavy atom. The number of benzene rings is 1. The Hall–Kier alpha value is -0.810. The van der Waals surface area contributed by atoms with Crippen molar-refractivity contribution in [1.29, 1.82) is 0 Å². The van der Waals surface area contributed by atoms with Crippen LogP contribution < -0.4 is 10.6 Å². The SMILES string of the molecule is CC(N)C(C)C(=O)N(CCN(C)C)c1ccccc1.Cl.Cl. The van der Waals surface area contributed by atoms with Gasteiger partial charge in [-0.15, -0.1) is 24.8 Å². The number of hydrogen-bond donors (Lipinski definition) is 1. The number of amides is 1. The molecule has 4 nitrogen and oxygen atoms in total. The van der Waals surface area contributed by atoms with Gasteiger partial charge in [0.15, 0.2) is 0 Å². The van der Waals surface area contributed by atoms with Gasteiger partial charge in [-0.2, -0.15) is 0 Å². The van der Waals surface area contributed by atoms with Gasteiger partial charge in [0.25, 0.3) is 0 Å². The number of nitrogens with two attached hydrogens (primary N) is 1. The molecule has 0 aromatic heterocycles. The normalized spacial score (nSPS) is 12.9. The molecule has 0 aliphatic heterocycles. The number of carbonyl (C=O) groups excluding carboxylic acids is 1. The Morgan fingerprint density at radius 3 is 2.05 bits per heavy atom. The highest BCUT2D eigenvalue weighted by atomic mass is 35.5. The lowest BCUT2D eigenvalue weighted by Crippen LogP contribution is -2.44. The highest BCUT2D eigenvalue weighted by Crippen LogP contribution is 2.17. The van der Waals surface area contributed by atoms with Crippen LogP contribution in [0.15, 0.2) is 30.3 Å². The molecule has 122 valence electrons. The molecule has 2 N–H and O–H groups in total. The monoisotopic (exact) mass is 335 g/mol. The lowest BCUT2D eigenvalue weighted by Gasteiger charge is -2.28. The zero-order valence-corrected chi connectivity index (χ0v) is 14.8. The van der Waals surface area contributed by atoms with Crippen LogP contribution in [0.5, 0.6) is 0 Å². The van der Waals surface area contributed by atoms with Crippen LogP contribution in [0.3, 0.4) is 0 Å². The highest BCUT2D eigenvalue weighted by molar-refractivity contribution is 5.95. The molecule has 0 radical (unpaired) electrons. The molecule has 0 bridgehead atoms. The second-order valence-corrected chi connectivity index (χ2v) is 5.28. The first-order valence-electron chi connectivity index (χ1n) is 6.70. The molecule has 0 heterocycles. The molecule has 6 heteroatoms. The molecule has 1 amide bonds. The third-order valence-electron chi connectivity index (χ3n) is 3.28. The van der Waals surface area contributed by atoms with Crippen molar-refractivity contribution < 1.29 is 4.79 Å². The zero-order valence-electron chi connectivity index (χ0n) is 13.2. The van der Waals surface area contributed by atoms with Crippen LogP contribution in [0.1, 0.15) is 13.8 Å². The summed E-state index contributed by atoms with van der Waals surface area (Å²) in [6.45, 7) is 5.26. The van der Waals surface area contributed by atoms with Crippen molar-refractivity contribution >= 4 is 36.4 Å². The maximum Gasteiger partial charge on any atom is 0.231 e. The van der Waals surface area contributed by atoms with Crippen molar-refractivity contribution in [2.45, 2.75) is 19.9 Å². The van der Waals surface area contributed by atoms with Gasteiger partial charge in [-0.05, 0) is 33.2 Å². The summed E-state index contributed by atoms with van der Waals surface area (Å²) in [6, 6.07) is 9.62. The lowest BCUT2D eigenvalue weighted by molar-refractivity contribution is -0.122. The van der Waals surface area contributed by atoms with Gasteiger partial charge in [0.2, 0.25) is 5.91 Å². The van der Waals surface area contributed by atoms with Crippen LogP contribution in [0.2, 0.25) is 0 Å². The number of carbonyl (C=O) groups is 1. The summed E-state index contributed by atoms with van der Waals surface area (Å²) in [5.74, 6) is -0.0922. The summed E-state index contributed by atoms with van der Waals surface area (Å²) in [7, 11) is 4.01. The fraction of sp³-hybridized carbons (Fsp3) is 0.533. The first-order valence-corrected chi connectivity index (χ1v) is 6.70. The van der Waals surface area contributed by atoms with Gasteiger partial charge in [-0.3, -0.25) is 4.79 Å². The van der Waals surface area contributed by atoms with Crippen LogP contribution in [-0.4, -0.2) is 44.0 Å². The second-order valence-electron chi connectivity index (χ2n) is 5.28. The number of rotatable bonds is 6. The number of hydrogen-bond acceptors (Lipinski definition) is 3. The van der Waals surface area contributed by atoms with Crippen LogP contribution in [0, 0.1) is 5.92 Å².